The van der Waals surface area contributed by atoms with E-state index in [1.165, 1.54) is 12.1 Å². The number of rotatable bonds is 1. The van der Waals surface area contributed by atoms with Crippen molar-refractivity contribution in [1.29, 1.82) is 0 Å². The topological polar surface area (TPSA) is 37.3 Å². The van der Waals surface area contributed by atoms with Crippen molar-refractivity contribution in [2.24, 2.45) is 0 Å². The van der Waals surface area contributed by atoms with Gasteiger partial charge >= 0.3 is 0 Å². The number of benzene rings is 1. The van der Waals surface area contributed by atoms with Crippen molar-refractivity contribution in [2.75, 3.05) is 0 Å². The maximum Gasteiger partial charge on any atom is 0.164 e. The van der Waals surface area contributed by atoms with Crippen molar-refractivity contribution in [1.82, 2.24) is 0 Å². The molecule has 66 valence electrons. The average molecular weight is 178 g/mol. The van der Waals surface area contributed by atoms with Gasteiger partial charge in [-0.05, 0) is 18.2 Å². The Hall–Kier alpha value is -1.82. The maximum absolute atomic E-state index is 12.5. The van der Waals surface area contributed by atoms with E-state index < -0.39 is 11.6 Å². The number of hydrogen-bond acceptors (Lipinski definition) is 2. The molecular formula is C10H7FO2. The van der Waals surface area contributed by atoms with Gasteiger partial charge in [0.05, 0.1) is 6.42 Å². The summed E-state index contributed by atoms with van der Waals surface area (Å²) >= 11 is 0. The maximum atomic E-state index is 12.5. The normalized spacial score (nSPS) is 8.69. The summed E-state index contributed by atoms with van der Waals surface area (Å²) in [5.74, 6) is 4.04. The summed E-state index contributed by atoms with van der Waals surface area (Å²) in [5.41, 5.74) is 0.487. The summed E-state index contributed by atoms with van der Waals surface area (Å²) in [6.45, 7) is 0. The van der Waals surface area contributed by atoms with Gasteiger partial charge in [0, 0.05) is 5.56 Å². The van der Waals surface area contributed by atoms with E-state index in [1.807, 2.05) is 0 Å². The van der Waals surface area contributed by atoms with Gasteiger partial charge in [-0.1, -0.05) is 11.8 Å². The molecule has 0 radical (unpaired) electrons. The van der Waals surface area contributed by atoms with Gasteiger partial charge in [-0.15, -0.1) is 0 Å². The highest BCUT2D eigenvalue weighted by molar-refractivity contribution is 5.55. The van der Waals surface area contributed by atoms with E-state index in [2.05, 4.69) is 11.8 Å². The quantitative estimate of drug-likeness (QED) is 0.522. The van der Waals surface area contributed by atoms with Crippen LogP contribution in [0.15, 0.2) is 18.2 Å². The van der Waals surface area contributed by atoms with Crippen molar-refractivity contribution in [3.05, 3.63) is 29.6 Å². The minimum absolute atomic E-state index is 0.137. The lowest BCUT2D eigenvalue weighted by molar-refractivity contribution is -0.107. The number of phenolic OH excluding ortho intramolecular Hbond substituents is 1. The van der Waals surface area contributed by atoms with Crippen molar-refractivity contribution in [3.63, 3.8) is 0 Å². The lowest BCUT2D eigenvalue weighted by Gasteiger charge is -1.94. The van der Waals surface area contributed by atoms with Gasteiger partial charge < -0.3 is 9.90 Å². The lowest BCUT2D eigenvalue weighted by Crippen LogP contribution is -1.79. The van der Waals surface area contributed by atoms with Crippen LogP contribution in [-0.4, -0.2) is 11.4 Å². The van der Waals surface area contributed by atoms with Crippen LogP contribution in [0.2, 0.25) is 0 Å². The molecule has 0 saturated heterocycles. The second-order valence-corrected chi connectivity index (χ2v) is 2.34. The highest BCUT2D eigenvalue weighted by Crippen LogP contribution is 2.15. The van der Waals surface area contributed by atoms with E-state index in [1.54, 1.807) is 0 Å². The number of aromatic hydroxyl groups is 1. The first-order valence-electron chi connectivity index (χ1n) is 3.65. The first-order valence-corrected chi connectivity index (χ1v) is 3.65. The van der Waals surface area contributed by atoms with Crippen LogP contribution in [0, 0.1) is 17.7 Å². The van der Waals surface area contributed by atoms with Crippen molar-refractivity contribution in [2.45, 2.75) is 6.42 Å². The second-order valence-electron chi connectivity index (χ2n) is 2.34. The Morgan fingerprint density at radius 3 is 2.92 bits per heavy atom. The van der Waals surface area contributed by atoms with E-state index in [4.69, 9.17) is 5.11 Å². The molecule has 0 aromatic heterocycles. The largest absolute Gasteiger partial charge is 0.505 e. The predicted octanol–water partition coefficient (Wildman–Crippen LogP) is 1.47. The molecule has 0 saturated carbocycles. The molecule has 0 spiro atoms. The Morgan fingerprint density at radius 1 is 1.54 bits per heavy atom. The van der Waals surface area contributed by atoms with Crippen LogP contribution < -0.4 is 0 Å². The fourth-order valence-electron chi connectivity index (χ4n) is 0.785. The van der Waals surface area contributed by atoms with E-state index >= 15 is 0 Å². The molecule has 0 unspecified atom stereocenters. The molecule has 2 nitrogen and oxygen atoms in total. The zero-order valence-electron chi connectivity index (χ0n) is 6.75. The van der Waals surface area contributed by atoms with Gasteiger partial charge in [-0.2, -0.15) is 0 Å². The minimum atomic E-state index is -0.680. The van der Waals surface area contributed by atoms with Gasteiger partial charge in [0.15, 0.2) is 11.6 Å². The molecule has 1 aromatic rings. The molecule has 13 heavy (non-hydrogen) atoms. The molecule has 0 fully saturated rings. The van der Waals surface area contributed by atoms with Crippen LogP contribution in [0.1, 0.15) is 12.0 Å². The Morgan fingerprint density at radius 2 is 2.31 bits per heavy atom. The summed E-state index contributed by atoms with van der Waals surface area (Å²) in [6.07, 6.45) is 0.814. The van der Waals surface area contributed by atoms with Gasteiger partial charge in [0.25, 0.3) is 0 Å². The molecule has 0 amide bonds. The lowest BCUT2D eigenvalue weighted by atomic mass is 10.2. The highest BCUT2D eigenvalue weighted by atomic mass is 19.1. The zero-order chi connectivity index (χ0) is 9.68. The fourth-order valence-corrected chi connectivity index (χ4v) is 0.785. The Bertz CT molecular complexity index is 374. The second kappa shape index (κ2) is 4.27. The molecular weight excluding hydrogens is 171 g/mol. The fraction of sp³-hybridized carbons (Fsp3) is 0.100. The molecule has 1 aromatic carbocycles. The van der Waals surface area contributed by atoms with Crippen molar-refractivity contribution in [3.8, 4) is 17.6 Å². The Balaban J connectivity index is 2.87. The van der Waals surface area contributed by atoms with E-state index in [-0.39, 0.29) is 6.42 Å². The monoisotopic (exact) mass is 178 g/mol. The standard InChI is InChI=1S/C10H7FO2/c11-9-5-4-8(7-10(9)13)3-1-2-6-12/h4-7,13H,2H2. The first kappa shape index (κ1) is 9.27. The summed E-state index contributed by atoms with van der Waals surface area (Å²) in [5, 5.41) is 8.94. The van der Waals surface area contributed by atoms with Crippen LogP contribution in [0.4, 0.5) is 4.39 Å². The number of carbonyl (C=O) groups is 1. The van der Waals surface area contributed by atoms with Gasteiger partial charge in [0.2, 0.25) is 0 Å². The third-order valence-corrected chi connectivity index (χ3v) is 1.36. The van der Waals surface area contributed by atoms with Crippen LogP contribution in [0.3, 0.4) is 0 Å². The molecule has 1 N–H and O–H groups in total. The summed E-state index contributed by atoms with van der Waals surface area (Å²) < 4.78 is 12.5. The predicted molar refractivity (Wildman–Crippen MR) is 45.6 cm³/mol. The minimum Gasteiger partial charge on any atom is -0.505 e. The van der Waals surface area contributed by atoms with Crippen LogP contribution in [-0.2, 0) is 4.79 Å². The van der Waals surface area contributed by atoms with Gasteiger partial charge in [0.1, 0.15) is 6.29 Å². The smallest absolute Gasteiger partial charge is 0.164 e. The number of phenols is 1. The molecule has 3 heteroatoms. The number of hydrogen-bond donors (Lipinski definition) is 1. The molecule has 0 bridgehead atoms. The summed E-state index contributed by atoms with van der Waals surface area (Å²) in [4.78, 5) is 9.90. The van der Waals surface area contributed by atoms with Crippen LogP contribution in [0.5, 0.6) is 5.75 Å². The number of carbonyl (C=O) groups excluding carboxylic acids is 1. The molecule has 0 atom stereocenters. The molecule has 0 aliphatic heterocycles. The van der Waals surface area contributed by atoms with Gasteiger partial charge in [-0.3, -0.25) is 0 Å². The van der Waals surface area contributed by atoms with E-state index in [0.29, 0.717) is 11.8 Å². The first-order chi connectivity index (χ1) is 6.24. The Labute approximate surface area is 75.0 Å². The number of aldehydes is 1. The summed E-state index contributed by atoms with van der Waals surface area (Å²) in [7, 11) is 0. The molecule has 0 aliphatic carbocycles. The third-order valence-electron chi connectivity index (χ3n) is 1.36. The van der Waals surface area contributed by atoms with E-state index in [0.717, 1.165) is 6.07 Å². The van der Waals surface area contributed by atoms with Crippen molar-refractivity contribution < 1.29 is 14.3 Å². The highest BCUT2D eigenvalue weighted by Gasteiger charge is 1.98. The van der Waals surface area contributed by atoms with Gasteiger partial charge in [-0.25, -0.2) is 4.39 Å². The van der Waals surface area contributed by atoms with E-state index in [9.17, 15) is 9.18 Å². The molecule has 0 heterocycles. The average Bonchev–Trinajstić information content (AvgIpc) is 2.12. The summed E-state index contributed by atoms with van der Waals surface area (Å²) in [6, 6.07) is 3.78. The number of halogens is 1. The molecule has 1 rings (SSSR count). The van der Waals surface area contributed by atoms with Crippen LogP contribution in [0.25, 0.3) is 0 Å². The van der Waals surface area contributed by atoms with Crippen molar-refractivity contribution >= 4 is 6.29 Å². The zero-order valence-corrected chi connectivity index (χ0v) is 6.75. The van der Waals surface area contributed by atoms with Crippen LogP contribution >= 0.6 is 0 Å². The molecule has 0 aliphatic rings. The SMILES string of the molecule is O=CCC#Cc1ccc(F)c(O)c1. The Kier molecular flexibility index (Phi) is 3.04. The third kappa shape index (κ3) is 2.60.